The molecule has 0 fully saturated rings. The van der Waals surface area contributed by atoms with Gasteiger partial charge >= 0.3 is 6.09 Å². The number of nitrogen functional groups attached to an aromatic ring is 1. The van der Waals surface area contributed by atoms with Gasteiger partial charge in [0, 0.05) is 17.8 Å². The summed E-state index contributed by atoms with van der Waals surface area (Å²) in [7, 11) is 0. The van der Waals surface area contributed by atoms with Crippen LogP contribution in [0.5, 0.6) is 0 Å². The van der Waals surface area contributed by atoms with E-state index in [0.717, 1.165) is 0 Å². The predicted octanol–water partition coefficient (Wildman–Crippen LogP) is 2.95. The molecule has 1 rings (SSSR count). The van der Waals surface area contributed by atoms with Gasteiger partial charge in [-0.3, -0.25) is 0 Å². The molecule has 0 aliphatic rings. The van der Waals surface area contributed by atoms with Gasteiger partial charge in [-0.05, 0) is 32.9 Å². The van der Waals surface area contributed by atoms with Gasteiger partial charge < -0.3 is 15.8 Å². The van der Waals surface area contributed by atoms with Crippen LogP contribution in [0.4, 0.5) is 14.9 Å². The third kappa shape index (κ3) is 5.42. The molecule has 0 aromatic heterocycles. The highest BCUT2D eigenvalue weighted by atomic mass is 19.1. The molecule has 0 saturated heterocycles. The molecular formula is C14H19FN2O2. The zero-order valence-electron chi connectivity index (χ0n) is 11.4. The van der Waals surface area contributed by atoms with Gasteiger partial charge in [0.25, 0.3) is 0 Å². The van der Waals surface area contributed by atoms with Gasteiger partial charge in [0.2, 0.25) is 0 Å². The van der Waals surface area contributed by atoms with Gasteiger partial charge in [-0.15, -0.1) is 0 Å². The molecule has 104 valence electrons. The van der Waals surface area contributed by atoms with E-state index in [1.807, 2.05) is 0 Å². The number of amides is 1. The summed E-state index contributed by atoms with van der Waals surface area (Å²) in [6.07, 6.45) is 2.62. The van der Waals surface area contributed by atoms with E-state index in [2.05, 4.69) is 5.32 Å². The molecule has 0 heterocycles. The van der Waals surface area contributed by atoms with Gasteiger partial charge in [-0.25, -0.2) is 9.18 Å². The van der Waals surface area contributed by atoms with Crippen LogP contribution in [0.3, 0.4) is 0 Å². The first kappa shape index (κ1) is 15.0. The number of alkyl carbamates (subject to hydrolysis) is 1. The average Bonchev–Trinajstić information content (AvgIpc) is 2.25. The first-order valence-corrected chi connectivity index (χ1v) is 5.97. The lowest BCUT2D eigenvalue weighted by atomic mass is 10.1. The van der Waals surface area contributed by atoms with Crippen LogP contribution in [0.2, 0.25) is 0 Å². The molecule has 0 unspecified atom stereocenters. The minimum Gasteiger partial charge on any atom is -0.444 e. The molecule has 0 radical (unpaired) electrons. The van der Waals surface area contributed by atoms with E-state index in [9.17, 15) is 9.18 Å². The van der Waals surface area contributed by atoms with E-state index >= 15 is 0 Å². The van der Waals surface area contributed by atoms with E-state index in [4.69, 9.17) is 10.5 Å². The first-order valence-electron chi connectivity index (χ1n) is 5.97. The molecule has 0 spiro atoms. The Morgan fingerprint density at radius 2 is 2.16 bits per heavy atom. The summed E-state index contributed by atoms with van der Waals surface area (Å²) in [4.78, 5) is 11.3. The highest BCUT2D eigenvalue weighted by molar-refractivity contribution is 5.69. The lowest BCUT2D eigenvalue weighted by Crippen LogP contribution is -2.32. The smallest absolute Gasteiger partial charge is 0.407 e. The van der Waals surface area contributed by atoms with Gasteiger partial charge in [-0.1, -0.05) is 18.2 Å². The molecule has 0 aliphatic heterocycles. The maximum atomic E-state index is 13.4. The van der Waals surface area contributed by atoms with Gasteiger partial charge in [-0.2, -0.15) is 0 Å². The van der Waals surface area contributed by atoms with Crippen LogP contribution in [0.1, 0.15) is 26.3 Å². The van der Waals surface area contributed by atoms with Crippen molar-refractivity contribution >= 4 is 17.9 Å². The summed E-state index contributed by atoms with van der Waals surface area (Å²) in [5.74, 6) is -0.395. The molecule has 1 amide bonds. The summed E-state index contributed by atoms with van der Waals surface area (Å²) < 4.78 is 18.5. The van der Waals surface area contributed by atoms with Crippen LogP contribution in [-0.2, 0) is 4.74 Å². The Hall–Kier alpha value is -2.04. The van der Waals surface area contributed by atoms with Crippen molar-refractivity contribution < 1.29 is 13.9 Å². The third-order valence-electron chi connectivity index (χ3n) is 2.13. The zero-order chi connectivity index (χ0) is 14.5. The SMILES string of the molecule is CC(C)(C)OC(=O)NCC=Cc1c(N)cccc1F. The van der Waals surface area contributed by atoms with Crippen LogP contribution in [0, 0.1) is 5.82 Å². The Bertz CT molecular complexity index is 459. The monoisotopic (exact) mass is 266 g/mol. The Morgan fingerprint density at radius 1 is 1.47 bits per heavy atom. The summed E-state index contributed by atoms with van der Waals surface area (Å²) in [5, 5.41) is 2.54. The van der Waals surface area contributed by atoms with Crippen molar-refractivity contribution in [1.29, 1.82) is 0 Å². The number of ether oxygens (including phenoxy) is 1. The van der Waals surface area contributed by atoms with Crippen LogP contribution < -0.4 is 11.1 Å². The number of halogens is 1. The Kier molecular flexibility index (Phi) is 4.92. The Labute approximate surface area is 112 Å². The fourth-order valence-corrected chi connectivity index (χ4v) is 1.36. The van der Waals surface area contributed by atoms with Gasteiger partial charge in [0.05, 0.1) is 0 Å². The summed E-state index contributed by atoms with van der Waals surface area (Å²) >= 11 is 0. The fourth-order valence-electron chi connectivity index (χ4n) is 1.36. The average molecular weight is 266 g/mol. The molecule has 0 aliphatic carbocycles. The molecule has 5 heteroatoms. The molecule has 0 bridgehead atoms. The van der Waals surface area contributed by atoms with Crippen LogP contribution in [0.25, 0.3) is 6.08 Å². The fraction of sp³-hybridized carbons (Fsp3) is 0.357. The van der Waals surface area contributed by atoms with Crippen molar-refractivity contribution in [1.82, 2.24) is 5.32 Å². The normalized spacial score (nSPS) is 11.6. The van der Waals surface area contributed by atoms with Gasteiger partial charge in [0.1, 0.15) is 11.4 Å². The third-order valence-corrected chi connectivity index (χ3v) is 2.13. The number of carbonyl (C=O) groups excluding carboxylic acids is 1. The summed E-state index contributed by atoms with van der Waals surface area (Å²) in [6, 6.07) is 4.49. The minimum atomic E-state index is -0.538. The predicted molar refractivity (Wildman–Crippen MR) is 74.1 cm³/mol. The molecule has 1 aromatic rings. The maximum absolute atomic E-state index is 13.4. The van der Waals surface area contributed by atoms with Crippen LogP contribution in [-0.4, -0.2) is 18.2 Å². The molecule has 1 aromatic carbocycles. The Balaban J connectivity index is 2.49. The van der Waals surface area contributed by atoms with Crippen LogP contribution >= 0.6 is 0 Å². The Morgan fingerprint density at radius 3 is 2.74 bits per heavy atom. The summed E-state index contributed by atoms with van der Waals surface area (Å²) in [6.45, 7) is 5.58. The molecule has 0 atom stereocenters. The second kappa shape index (κ2) is 6.22. The lowest BCUT2D eigenvalue weighted by molar-refractivity contribution is 0.0534. The highest BCUT2D eigenvalue weighted by Crippen LogP contribution is 2.16. The van der Waals surface area contributed by atoms with E-state index in [0.29, 0.717) is 11.3 Å². The van der Waals surface area contributed by atoms with Crippen molar-refractivity contribution in [2.75, 3.05) is 12.3 Å². The van der Waals surface area contributed by atoms with Gasteiger partial charge in [0.15, 0.2) is 0 Å². The zero-order valence-corrected chi connectivity index (χ0v) is 11.4. The number of carbonyl (C=O) groups is 1. The number of nitrogens with two attached hydrogens (primary N) is 1. The number of rotatable bonds is 3. The highest BCUT2D eigenvalue weighted by Gasteiger charge is 2.14. The second-order valence-corrected chi connectivity index (χ2v) is 5.03. The van der Waals surface area contributed by atoms with Crippen molar-refractivity contribution in [2.24, 2.45) is 0 Å². The molecule has 4 nitrogen and oxygen atoms in total. The first-order chi connectivity index (χ1) is 8.79. The molecular weight excluding hydrogens is 247 g/mol. The lowest BCUT2D eigenvalue weighted by Gasteiger charge is -2.19. The number of benzene rings is 1. The van der Waals surface area contributed by atoms with E-state index in [-0.39, 0.29) is 6.54 Å². The maximum Gasteiger partial charge on any atom is 0.407 e. The van der Waals surface area contributed by atoms with E-state index < -0.39 is 17.5 Å². The van der Waals surface area contributed by atoms with Crippen molar-refractivity contribution in [2.45, 2.75) is 26.4 Å². The molecule has 3 N–H and O–H groups in total. The van der Waals surface area contributed by atoms with E-state index in [1.165, 1.54) is 12.1 Å². The second-order valence-electron chi connectivity index (χ2n) is 5.03. The van der Waals surface area contributed by atoms with Crippen molar-refractivity contribution in [3.05, 3.63) is 35.7 Å². The van der Waals surface area contributed by atoms with Crippen molar-refractivity contribution in [3.63, 3.8) is 0 Å². The number of nitrogens with one attached hydrogen (secondary N) is 1. The standard InChI is InChI=1S/C14H19FN2O2/c1-14(2,3)19-13(18)17-9-5-6-10-11(15)7-4-8-12(10)16/h4-8H,9,16H2,1-3H3,(H,17,18). The number of hydrogen-bond donors (Lipinski definition) is 2. The summed E-state index contributed by atoms with van der Waals surface area (Å²) in [5.41, 5.74) is 5.77. The quantitative estimate of drug-likeness (QED) is 0.827. The molecule has 0 saturated carbocycles. The van der Waals surface area contributed by atoms with Crippen molar-refractivity contribution in [3.8, 4) is 0 Å². The largest absolute Gasteiger partial charge is 0.444 e. The number of anilines is 1. The van der Waals surface area contributed by atoms with Crippen LogP contribution in [0.15, 0.2) is 24.3 Å². The number of hydrogen-bond acceptors (Lipinski definition) is 3. The minimum absolute atomic E-state index is 0.239. The topological polar surface area (TPSA) is 64.3 Å². The van der Waals surface area contributed by atoms with E-state index in [1.54, 1.807) is 39.0 Å². The molecule has 19 heavy (non-hydrogen) atoms.